The first kappa shape index (κ1) is 28.2. The fraction of sp³-hybridized carbons (Fsp3) is 0.312. The number of aromatic nitrogens is 2. The molecule has 2 saturated heterocycles. The van der Waals surface area contributed by atoms with E-state index in [9.17, 15) is 18.8 Å². The highest BCUT2D eigenvalue weighted by Crippen LogP contribution is 2.28. The maximum atomic E-state index is 14.4. The summed E-state index contributed by atoms with van der Waals surface area (Å²) in [6, 6.07) is 19.3. The maximum absolute atomic E-state index is 14.4. The zero-order valence-electron chi connectivity index (χ0n) is 23.8. The number of aryl methyl sites for hydroxylation is 1. The molecule has 4 aromatic rings. The molecule has 1 unspecified atom stereocenters. The van der Waals surface area contributed by atoms with Gasteiger partial charge < -0.3 is 9.64 Å². The SMILES string of the molecule is Cn1c2c(OCc3ccc(CN4CCN(c5ccc(C#N)cc5F)CC4)cc3)cccc2c(=O)n1C1CCC(=O)NC1=O. The molecule has 3 aromatic carbocycles. The lowest BCUT2D eigenvalue weighted by atomic mass is 10.1. The van der Waals surface area contributed by atoms with Crippen LogP contribution in [-0.4, -0.2) is 52.3 Å². The van der Waals surface area contributed by atoms with Crippen LogP contribution in [-0.2, 0) is 29.8 Å². The number of nitrogens with one attached hydrogen (secondary N) is 1. The summed E-state index contributed by atoms with van der Waals surface area (Å²) in [7, 11) is 1.72. The van der Waals surface area contributed by atoms with Crippen molar-refractivity contribution in [3.63, 3.8) is 0 Å². The Morgan fingerprint density at radius 2 is 1.74 bits per heavy atom. The number of nitrogens with zero attached hydrogens (tertiary/aromatic N) is 5. The molecule has 220 valence electrons. The van der Waals surface area contributed by atoms with Crippen molar-refractivity contribution >= 4 is 28.4 Å². The van der Waals surface area contributed by atoms with Crippen molar-refractivity contribution in [2.24, 2.45) is 7.05 Å². The van der Waals surface area contributed by atoms with Gasteiger partial charge in [0, 0.05) is 46.2 Å². The molecule has 10 nitrogen and oxygen atoms in total. The first-order valence-corrected chi connectivity index (χ1v) is 14.2. The van der Waals surface area contributed by atoms with E-state index in [0.717, 1.165) is 30.8 Å². The number of rotatable bonds is 7. The zero-order chi connectivity index (χ0) is 30.1. The van der Waals surface area contributed by atoms with Crippen molar-refractivity contribution in [3.8, 4) is 11.8 Å². The molecular weight excluding hydrogens is 551 g/mol. The van der Waals surface area contributed by atoms with E-state index < -0.39 is 11.9 Å². The predicted octanol–water partition coefficient (Wildman–Crippen LogP) is 3.23. The van der Waals surface area contributed by atoms with Gasteiger partial charge in [-0.3, -0.25) is 29.3 Å². The third kappa shape index (κ3) is 5.61. The van der Waals surface area contributed by atoms with Gasteiger partial charge in [0.05, 0.1) is 22.7 Å². The molecule has 2 fully saturated rings. The summed E-state index contributed by atoms with van der Waals surface area (Å²) < 4.78 is 23.6. The number of fused-ring (bicyclic) bond motifs is 1. The van der Waals surface area contributed by atoms with Crippen LogP contribution in [0.4, 0.5) is 10.1 Å². The Kier molecular flexibility index (Phi) is 7.69. The average molecular weight is 583 g/mol. The molecule has 43 heavy (non-hydrogen) atoms. The van der Waals surface area contributed by atoms with Crippen LogP contribution in [0.25, 0.3) is 10.9 Å². The first-order valence-electron chi connectivity index (χ1n) is 14.2. The quantitative estimate of drug-likeness (QED) is 0.333. The van der Waals surface area contributed by atoms with Gasteiger partial charge in [0.2, 0.25) is 5.91 Å². The van der Waals surface area contributed by atoms with E-state index in [0.29, 0.717) is 47.6 Å². The summed E-state index contributed by atoms with van der Waals surface area (Å²) in [6.07, 6.45) is 0.446. The Balaban J connectivity index is 1.08. The number of imide groups is 1. The van der Waals surface area contributed by atoms with E-state index in [-0.39, 0.29) is 30.1 Å². The molecule has 0 saturated carbocycles. The standard InChI is InChI=1S/C32H31FN6O4/c1-36-30-24(32(42)39(36)27-11-12-29(40)35-31(27)41)3-2-4-28(30)43-20-22-7-5-21(6-8-22)19-37-13-15-38(16-14-37)26-10-9-23(18-34)17-25(26)33/h2-10,17,27H,11-16,19-20H2,1H3,(H,35,40,41). The zero-order valence-corrected chi connectivity index (χ0v) is 23.8. The van der Waals surface area contributed by atoms with Gasteiger partial charge in [-0.1, -0.05) is 30.3 Å². The van der Waals surface area contributed by atoms with Crippen LogP contribution in [0, 0.1) is 17.1 Å². The van der Waals surface area contributed by atoms with Crippen molar-refractivity contribution in [1.82, 2.24) is 19.6 Å². The number of anilines is 1. The van der Waals surface area contributed by atoms with Gasteiger partial charge in [-0.2, -0.15) is 5.26 Å². The summed E-state index contributed by atoms with van der Waals surface area (Å²) in [5.74, 6) is -0.643. The number of hydrogen-bond donors (Lipinski definition) is 1. The van der Waals surface area contributed by atoms with Gasteiger partial charge in [-0.15, -0.1) is 0 Å². The number of amides is 2. The van der Waals surface area contributed by atoms with Crippen LogP contribution < -0.4 is 20.5 Å². The minimum Gasteiger partial charge on any atom is -0.487 e. The summed E-state index contributed by atoms with van der Waals surface area (Å²) in [5.41, 5.74) is 3.27. The highest BCUT2D eigenvalue weighted by molar-refractivity contribution is 5.99. The molecular formula is C32H31FN6O4. The number of piperazine rings is 1. The molecule has 0 spiro atoms. The summed E-state index contributed by atoms with van der Waals surface area (Å²) in [5, 5.41) is 11.7. The summed E-state index contributed by atoms with van der Waals surface area (Å²) in [4.78, 5) is 41.7. The van der Waals surface area contributed by atoms with Gasteiger partial charge in [0.1, 0.15) is 29.7 Å². The Hall–Kier alpha value is -4.95. The second-order valence-corrected chi connectivity index (χ2v) is 10.9. The molecule has 0 radical (unpaired) electrons. The number of para-hydroxylation sites is 1. The number of halogens is 1. The van der Waals surface area contributed by atoms with E-state index in [1.807, 2.05) is 23.1 Å². The molecule has 0 aliphatic carbocycles. The summed E-state index contributed by atoms with van der Waals surface area (Å²) in [6.45, 7) is 4.07. The first-order chi connectivity index (χ1) is 20.8. The molecule has 0 bridgehead atoms. The van der Waals surface area contributed by atoms with Gasteiger partial charge in [0.25, 0.3) is 11.5 Å². The Labute approximate surface area is 247 Å². The van der Waals surface area contributed by atoms with E-state index >= 15 is 0 Å². The molecule has 3 heterocycles. The number of carbonyl (C=O) groups excluding carboxylic acids is 2. The molecule has 1 atom stereocenters. The normalized spacial score (nSPS) is 17.6. The number of nitriles is 1. The Morgan fingerprint density at radius 1 is 1.00 bits per heavy atom. The van der Waals surface area contributed by atoms with Crippen LogP contribution in [0.15, 0.2) is 65.5 Å². The van der Waals surface area contributed by atoms with Crippen molar-refractivity contribution in [1.29, 1.82) is 5.26 Å². The van der Waals surface area contributed by atoms with E-state index in [1.165, 1.54) is 10.7 Å². The van der Waals surface area contributed by atoms with Crippen LogP contribution in [0.1, 0.15) is 35.6 Å². The van der Waals surface area contributed by atoms with E-state index in [4.69, 9.17) is 10.00 Å². The van der Waals surface area contributed by atoms with Crippen LogP contribution in [0.3, 0.4) is 0 Å². The van der Waals surface area contributed by atoms with Gasteiger partial charge >= 0.3 is 0 Å². The molecule has 1 N–H and O–H groups in total. The third-order valence-corrected chi connectivity index (χ3v) is 8.20. The topological polar surface area (TPSA) is 113 Å². The predicted molar refractivity (Wildman–Crippen MR) is 158 cm³/mol. The minimum atomic E-state index is -0.761. The second-order valence-electron chi connectivity index (χ2n) is 10.9. The largest absolute Gasteiger partial charge is 0.487 e. The molecule has 2 amide bonds. The molecule has 2 aliphatic rings. The number of piperidine rings is 1. The maximum Gasteiger partial charge on any atom is 0.275 e. The van der Waals surface area contributed by atoms with E-state index in [2.05, 4.69) is 22.3 Å². The van der Waals surface area contributed by atoms with Gasteiger partial charge in [-0.05, 0) is 47.9 Å². The van der Waals surface area contributed by atoms with Crippen molar-refractivity contribution in [2.45, 2.75) is 32.0 Å². The monoisotopic (exact) mass is 582 g/mol. The van der Waals surface area contributed by atoms with Crippen LogP contribution in [0.5, 0.6) is 5.75 Å². The van der Waals surface area contributed by atoms with Crippen LogP contribution in [0.2, 0.25) is 0 Å². The molecule has 1 aromatic heterocycles. The molecule has 2 aliphatic heterocycles. The highest BCUT2D eigenvalue weighted by Gasteiger charge is 2.32. The smallest absolute Gasteiger partial charge is 0.275 e. The second kappa shape index (κ2) is 11.7. The lowest BCUT2D eigenvalue weighted by Crippen LogP contribution is -2.46. The Morgan fingerprint density at radius 3 is 2.44 bits per heavy atom. The highest BCUT2D eigenvalue weighted by atomic mass is 19.1. The molecule has 6 rings (SSSR count). The van der Waals surface area contributed by atoms with Crippen molar-refractivity contribution < 1.29 is 18.7 Å². The van der Waals surface area contributed by atoms with Crippen LogP contribution >= 0.6 is 0 Å². The van der Waals surface area contributed by atoms with Gasteiger partial charge in [0.15, 0.2) is 0 Å². The number of carbonyl (C=O) groups is 2. The number of hydrogen-bond acceptors (Lipinski definition) is 7. The number of ether oxygens (including phenoxy) is 1. The average Bonchev–Trinajstić information content (AvgIpc) is 3.27. The van der Waals surface area contributed by atoms with Gasteiger partial charge in [-0.25, -0.2) is 9.07 Å². The fourth-order valence-electron chi connectivity index (χ4n) is 5.92. The Bertz CT molecular complexity index is 1800. The minimum absolute atomic E-state index is 0.179. The fourth-order valence-corrected chi connectivity index (χ4v) is 5.92. The lowest BCUT2D eigenvalue weighted by molar-refractivity contribution is -0.136. The summed E-state index contributed by atoms with van der Waals surface area (Å²) >= 11 is 0. The lowest BCUT2D eigenvalue weighted by Gasteiger charge is -2.36. The third-order valence-electron chi connectivity index (χ3n) is 8.20. The molecule has 11 heteroatoms. The van der Waals surface area contributed by atoms with Crippen molar-refractivity contribution in [2.75, 3.05) is 31.1 Å². The number of benzene rings is 3. The van der Waals surface area contributed by atoms with Crippen molar-refractivity contribution in [3.05, 3.63) is 93.5 Å². The van der Waals surface area contributed by atoms with E-state index in [1.54, 1.807) is 42.1 Å².